The van der Waals surface area contributed by atoms with E-state index >= 15 is 0 Å². The number of aliphatic hydroxyl groups excluding tert-OH is 1. The lowest BCUT2D eigenvalue weighted by Gasteiger charge is -2.10. The van der Waals surface area contributed by atoms with Gasteiger partial charge in [0.05, 0.1) is 6.61 Å². The maximum atomic E-state index is 12.9. The van der Waals surface area contributed by atoms with Crippen LogP contribution < -0.4 is 0 Å². The van der Waals surface area contributed by atoms with Crippen LogP contribution in [0.25, 0.3) is 0 Å². The molecule has 0 saturated carbocycles. The number of hydrogen-bond donors (Lipinski definition) is 1. The number of carbonyl (C=O) groups is 1. The van der Waals surface area contributed by atoms with Crippen molar-refractivity contribution in [3.05, 3.63) is 35.1 Å². The Morgan fingerprint density at radius 1 is 1.60 bits per heavy atom. The summed E-state index contributed by atoms with van der Waals surface area (Å²) in [4.78, 5) is 11.2. The topological polar surface area (TPSA) is 46.5 Å². The van der Waals surface area contributed by atoms with Gasteiger partial charge in [-0.15, -0.1) is 0 Å². The van der Waals surface area contributed by atoms with Gasteiger partial charge in [-0.05, 0) is 37.1 Å². The van der Waals surface area contributed by atoms with E-state index in [1.807, 2.05) is 0 Å². The van der Waals surface area contributed by atoms with Gasteiger partial charge in [0.1, 0.15) is 5.82 Å². The number of carbonyl (C=O) groups excluding carboxylic acids is 1. The van der Waals surface area contributed by atoms with Gasteiger partial charge < -0.3 is 9.84 Å². The summed E-state index contributed by atoms with van der Waals surface area (Å²) < 4.78 is 17.6. The van der Waals surface area contributed by atoms with Gasteiger partial charge in [0.25, 0.3) is 0 Å². The number of benzene rings is 1. The minimum Gasteiger partial charge on any atom is -0.464 e. The Kier molecular flexibility index (Phi) is 3.80. The number of aryl methyl sites for hydroxylation is 1. The third-order valence-electron chi connectivity index (χ3n) is 2.01. The predicted molar refractivity (Wildman–Crippen MR) is 52.7 cm³/mol. The molecule has 4 heteroatoms. The van der Waals surface area contributed by atoms with Gasteiger partial charge in [-0.3, -0.25) is 0 Å². The van der Waals surface area contributed by atoms with Crippen molar-refractivity contribution in [2.45, 2.75) is 20.0 Å². The lowest BCUT2D eigenvalue weighted by Crippen LogP contribution is -2.15. The monoisotopic (exact) mass is 212 g/mol. The molecule has 1 aromatic carbocycles. The van der Waals surface area contributed by atoms with E-state index in [4.69, 9.17) is 0 Å². The van der Waals surface area contributed by atoms with Crippen molar-refractivity contribution in [2.75, 3.05) is 6.61 Å². The third kappa shape index (κ3) is 2.76. The average molecular weight is 212 g/mol. The Labute approximate surface area is 87.5 Å². The summed E-state index contributed by atoms with van der Waals surface area (Å²) in [6.45, 7) is 3.42. The third-order valence-corrected chi connectivity index (χ3v) is 2.01. The van der Waals surface area contributed by atoms with Crippen molar-refractivity contribution in [2.24, 2.45) is 0 Å². The zero-order valence-electron chi connectivity index (χ0n) is 8.66. The van der Waals surface area contributed by atoms with Gasteiger partial charge in [-0.1, -0.05) is 6.07 Å². The van der Waals surface area contributed by atoms with E-state index in [1.54, 1.807) is 13.8 Å². The lowest BCUT2D eigenvalue weighted by atomic mass is 10.1. The van der Waals surface area contributed by atoms with E-state index in [9.17, 15) is 14.3 Å². The predicted octanol–water partition coefficient (Wildman–Crippen LogP) is 1.73. The summed E-state index contributed by atoms with van der Waals surface area (Å²) in [5, 5.41) is 9.54. The summed E-state index contributed by atoms with van der Waals surface area (Å²) in [6.07, 6.45) is -1.34. The lowest BCUT2D eigenvalue weighted by molar-refractivity contribution is -0.153. The molecule has 82 valence electrons. The van der Waals surface area contributed by atoms with Crippen molar-refractivity contribution in [1.82, 2.24) is 0 Å². The van der Waals surface area contributed by atoms with Gasteiger partial charge in [-0.25, -0.2) is 9.18 Å². The van der Waals surface area contributed by atoms with Crippen LogP contribution in [0.15, 0.2) is 18.2 Å². The van der Waals surface area contributed by atoms with Crippen LogP contribution in [0.1, 0.15) is 24.2 Å². The van der Waals surface area contributed by atoms with E-state index in [1.165, 1.54) is 18.2 Å². The highest BCUT2D eigenvalue weighted by Crippen LogP contribution is 2.17. The zero-order valence-corrected chi connectivity index (χ0v) is 8.66. The molecule has 1 atom stereocenters. The first-order chi connectivity index (χ1) is 7.06. The molecule has 0 bridgehead atoms. The molecule has 1 rings (SSSR count). The largest absolute Gasteiger partial charge is 0.464 e. The van der Waals surface area contributed by atoms with Crippen LogP contribution in [-0.2, 0) is 9.53 Å². The Hall–Kier alpha value is -1.42. The van der Waals surface area contributed by atoms with Crippen molar-refractivity contribution in [1.29, 1.82) is 0 Å². The molecule has 0 aliphatic carbocycles. The molecule has 0 aliphatic heterocycles. The van der Waals surface area contributed by atoms with Gasteiger partial charge in [0, 0.05) is 0 Å². The molecular formula is C11H13FO3. The smallest absolute Gasteiger partial charge is 0.339 e. The van der Waals surface area contributed by atoms with Crippen LogP contribution in [0.4, 0.5) is 4.39 Å². The van der Waals surface area contributed by atoms with Gasteiger partial charge in [0.2, 0.25) is 0 Å². The van der Waals surface area contributed by atoms with Crippen LogP contribution in [0, 0.1) is 12.7 Å². The Bertz CT molecular complexity index is 363. The molecule has 0 radical (unpaired) electrons. The quantitative estimate of drug-likeness (QED) is 0.776. The van der Waals surface area contributed by atoms with Crippen LogP contribution in [0.5, 0.6) is 0 Å². The van der Waals surface area contributed by atoms with Gasteiger partial charge in [-0.2, -0.15) is 0 Å². The normalized spacial score (nSPS) is 12.3. The molecule has 0 aliphatic rings. The second-order valence-corrected chi connectivity index (χ2v) is 3.16. The second kappa shape index (κ2) is 4.89. The highest BCUT2D eigenvalue weighted by molar-refractivity contribution is 5.76. The summed E-state index contributed by atoms with van der Waals surface area (Å²) in [5.41, 5.74) is 0.725. The van der Waals surface area contributed by atoms with E-state index in [0.29, 0.717) is 11.1 Å². The molecule has 1 unspecified atom stereocenters. The first-order valence-corrected chi connectivity index (χ1v) is 4.67. The first kappa shape index (κ1) is 11.7. The maximum Gasteiger partial charge on any atom is 0.339 e. The molecule has 3 nitrogen and oxygen atoms in total. The molecule has 0 fully saturated rings. The Balaban J connectivity index is 2.86. The van der Waals surface area contributed by atoms with Crippen LogP contribution >= 0.6 is 0 Å². The highest BCUT2D eigenvalue weighted by Gasteiger charge is 2.18. The molecule has 0 heterocycles. The second-order valence-electron chi connectivity index (χ2n) is 3.16. The molecule has 15 heavy (non-hydrogen) atoms. The molecular weight excluding hydrogens is 199 g/mol. The summed E-state index contributed by atoms with van der Waals surface area (Å²) >= 11 is 0. The highest BCUT2D eigenvalue weighted by atomic mass is 19.1. The number of rotatable bonds is 3. The summed E-state index contributed by atoms with van der Waals surface area (Å²) in [5.74, 6) is -1.08. The van der Waals surface area contributed by atoms with Crippen LogP contribution in [0.3, 0.4) is 0 Å². The molecule has 0 saturated heterocycles. The fraction of sp³-hybridized carbons (Fsp3) is 0.364. The van der Waals surface area contributed by atoms with Crippen LogP contribution in [-0.4, -0.2) is 17.7 Å². The van der Waals surface area contributed by atoms with E-state index in [0.717, 1.165) is 0 Å². The molecule has 0 spiro atoms. The molecule has 0 amide bonds. The van der Waals surface area contributed by atoms with E-state index < -0.39 is 12.1 Å². The first-order valence-electron chi connectivity index (χ1n) is 4.67. The Morgan fingerprint density at radius 2 is 2.27 bits per heavy atom. The number of esters is 1. The average Bonchev–Trinajstić information content (AvgIpc) is 2.21. The zero-order chi connectivity index (χ0) is 11.4. The fourth-order valence-corrected chi connectivity index (χ4v) is 1.20. The standard InChI is InChI=1S/C11H13FO3/c1-3-15-11(14)10(13)8-4-5-9(12)7(2)6-8/h4-6,10,13H,3H2,1-2H3. The maximum absolute atomic E-state index is 12.9. The number of halogens is 1. The molecule has 1 aromatic rings. The minimum atomic E-state index is -1.34. The van der Waals surface area contributed by atoms with Crippen molar-refractivity contribution in [3.63, 3.8) is 0 Å². The number of hydrogen-bond acceptors (Lipinski definition) is 3. The van der Waals surface area contributed by atoms with E-state index in [-0.39, 0.29) is 12.4 Å². The Morgan fingerprint density at radius 3 is 2.80 bits per heavy atom. The van der Waals surface area contributed by atoms with Crippen molar-refractivity contribution >= 4 is 5.97 Å². The van der Waals surface area contributed by atoms with Crippen molar-refractivity contribution in [3.8, 4) is 0 Å². The summed E-state index contributed by atoms with van der Waals surface area (Å²) in [7, 11) is 0. The minimum absolute atomic E-state index is 0.204. The summed E-state index contributed by atoms with van der Waals surface area (Å²) in [6, 6.07) is 4.01. The molecule has 1 N–H and O–H groups in total. The van der Waals surface area contributed by atoms with Crippen molar-refractivity contribution < 1.29 is 19.0 Å². The number of aliphatic hydroxyl groups is 1. The molecule has 0 aromatic heterocycles. The fourth-order valence-electron chi connectivity index (χ4n) is 1.20. The number of ether oxygens (including phenoxy) is 1. The van der Waals surface area contributed by atoms with Crippen LogP contribution in [0.2, 0.25) is 0 Å². The SMILES string of the molecule is CCOC(=O)C(O)c1ccc(F)c(C)c1. The van der Waals surface area contributed by atoms with Gasteiger partial charge in [0.15, 0.2) is 6.10 Å². The van der Waals surface area contributed by atoms with Gasteiger partial charge >= 0.3 is 5.97 Å². The van der Waals surface area contributed by atoms with E-state index in [2.05, 4.69) is 4.74 Å².